The first-order valence-electron chi connectivity index (χ1n) is 8.06. The molecule has 1 rings (SSSR count). The van der Waals surface area contributed by atoms with Gasteiger partial charge in [0.2, 0.25) is 5.89 Å². The molecule has 0 fully saturated rings. The van der Waals surface area contributed by atoms with E-state index in [1.165, 1.54) is 0 Å². The Kier molecular flexibility index (Phi) is 10.5. The third kappa shape index (κ3) is 6.66. The monoisotopic (exact) mass is 438 g/mol. The second-order valence-electron chi connectivity index (χ2n) is 5.66. The molecule has 1 heterocycles. The number of aliphatic hydroxyl groups is 1. The minimum Gasteiger partial charge on any atom is -0.444 e. The quantitative estimate of drug-likeness (QED) is 0.330. The van der Waals surface area contributed by atoms with Gasteiger partial charge in [0.05, 0.1) is 12.3 Å². The lowest BCUT2D eigenvalue weighted by Gasteiger charge is -2.30. The van der Waals surface area contributed by atoms with Crippen LogP contribution in [0.25, 0.3) is 0 Å². The van der Waals surface area contributed by atoms with Crippen molar-refractivity contribution in [3.63, 3.8) is 0 Å². The molecule has 1 aromatic heterocycles. The van der Waals surface area contributed by atoms with Gasteiger partial charge in [0.1, 0.15) is 12.3 Å². The van der Waals surface area contributed by atoms with Gasteiger partial charge in [-0.3, -0.25) is 0 Å². The third-order valence-electron chi connectivity index (χ3n) is 4.26. The standard InChI is InChI=1S/C16H30N4O2.HI/c1-6-16(7-2,11-21)10-19-15(17-8-3)18-9-14-20-12(4)13(5)22-14;/h21H,6-11H2,1-5H3,(H2,17,18,19);1H. The Morgan fingerprint density at radius 1 is 1.22 bits per heavy atom. The zero-order chi connectivity index (χ0) is 16.6. The molecule has 7 heteroatoms. The van der Waals surface area contributed by atoms with Crippen LogP contribution in [0.1, 0.15) is 51.0 Å². The number of nitrogens with zero attached hydrogens (tertiary/aromatic N) is 2. The zero-order valence-corrected chi connectivity index (χ0v) is 17.2. The van der Waals surface area contributed by atoms with E-state index < -0.39 is 0 Å². The highest BCUT2D eigenvalue weighted by Crippen LogP contribution is 2.24. The summed E-state index contributed by atoms with van der Waals surface area (Å²) in [4.78, 5) is 8.83. The Hall–Kier alpha value is -0.830. The highest BCUT2D eigenvalue weighted by atomic mass is 127. The normalized spacial score (nSPS) is 12.0. The van der Waals surface area contributed by atoms with Crippen LogP contribution in [0.5, 0.6) is 0 Å². The molecule has 0 unspecified atom stereocenters. The molecule has 134 valence electrons. The van der Waals surface area contributed by atoms with Gasteiger partial charge in [-0.2, -0.15) is 0 Å². The summed E-state index contributed by atoms with van der Waals surface area (Å²) in [6, 6.07) is 0. The van der Waals surface area contributed by atoms with Crippen molar-refractivity contribution in [2.75, 3.05) is 19.7 Å². The summed E-state index contributed by atoms with van der Waals surface area (Å²) >= 11 is 0. The lowest BCUT2D eigenvalue weighted by atomic mass is 9.83. The smallest absolute Gasteiger partial charge is 0.216 e. The highest BCUT2D eigenvalue weighted by molar-refractivity contribution is 14.0. The van der Waals surface area contributed by atoms with E-state index in [1.807, 2.05) is 20.8 Å². The molecule has 0 amide bonds. The van der Waals surface area contributed by atoms with Gasteiger partial charge in [0, 0.05) is 18.5 Å². The van der Waals surface area contributed by atoms with Crippen molar-refractivity contribution in [3.05, 3.63) is 17.3 Å². The molecule has 0 atom stereocenters. The number of nitrogens with one attached hydrogen (secondary N) is 2. The minimum atomic E-state index is -0.105. The molecular weight excluding hydrogens is 407 g/mol. The van der Waals surface area contributed by atoms with Gasteiger partial charge in [-0.25, -0.2) is 9.98 Å². The number of halogens is 1. The summed E-state index contributed by atoms with van der Waals surface area (Å²) in [5.41, 5.74) is 0.797. The maximum atomic E-state index is 9.64. The number of guanidine groups is 1. The molecule has 3 N–H and O–H groups in total. The predicted octanol–water partition coefficient (Wildman–Crippen LogP) is 2.76. The van der Waals surface area contributed by atoms with Crippen molar-refractivity contribution in [2.24, 2.45) is 10.4 Å². The van der Waals surface area contributed by atoms with E-state index in [-0.39, 0.29) is 36.0 Å². The lowest BCUT2D eigenvalue weighted by Crippen LogP contribution is -2.44. The Morgan fingerprint density at radius 2 is 1.87 bits per heavy atom. The molecule has 0 spiro atoms. The average molecular weight is 438 g/mol. The van der Waals surface area contributed by atoms with Crippen LogP contribution in [0.2, 0.25) is 0 Å². The summed E-state index contributed by atoms with van der Waals surface area (Å²) in [7, 11) is 0. The fourth-order valence-corrected chi connectivity index (χ4v) is 2.15. The van der Waals surface area contributed by atoms with Crippen molar-refractivity contribution < 1.29 is 9.52 Å². The molecule has 23 heavy (non-hydrogen) atoms. The van der Waals surface area contributed by atoms with Crippen LogP contribution in [0, 0.1) is 19.3 Å². The van der Waals surface area contributed by atoms with Crippen molar-refractivity contribution in [2.45, 2.75) is 54.0 Å². The van der Waals surface area contributed by atoms with E-state index in [2.05, 4.69) is 34.5 Å². The molecule has 0 aliphatic carbocycles. The average Bonchev–Trinajstić information content (AvgIpc) is 2.85. The van der Waals surface area contributed by atoms with Crippen molar-refractivity contribution in [3.8, 4) is 0 Å². The molecule has 0 radical (unpaired) electrons. The number of hydrogen-bond acceptors (Lipinski definition) is 4. The van der Waals surface area contributed by atoms with E-state index in [9.17, 15) is 5.11 Å². The molecule has 0 bridgehead atoms. The Morgan fingerprint density at radius 3 is 2.30 bits per heavy atom. The predicted molar refractivity (Wildman–Crippen MR) is 104 cm³/mol. The topological polar surface area (TPSA) is 82.7 Å². The third-order valence-corrected chi connectivity index (χ3v) is 4.26. The maximum absolute atomic E-state index is 9.64. The number of aromatic nitrogens is 1. The van der Waals surface area contributed by atoms with Crippen LogP contribution in [0.4, 0.5) is 0 Å². The summed E-state index contributed by atoms with van der Waals surface area (Å²) in [5.74, 6) is 2.17. The maximum Gasteiger partial charge on any atom is 0.216 e. The second-order valence-corrected chi connectivity index (χ2v) is 5.66. The van der Waals surface area contributed by atoms with Gasteiger partial charge in [0.15, 0.2) is 5.96 Å². The van der Waals surface area contributed by atoms with Crippen LogP contribution in [0.3, 0.4) is 0 Å². The first-order chi connectivity index (χ1) is 10.5. The van der Waals surface area contributed by atoms with Crippen LogP contribution >= 0.6 is 24.0 Å². The summed E-state index contributed by atoms with van der Waals surface area (Å²) in [6.45, 7) is 12.1. The van der Waals surface area contributed by atoms with E-state index >= 15 is 0 Å². The van der Waals surface area contributed by atoms with Crippen molar-refractivity contribution in [1.29, 1.82) is 0 Å². The van der Waals surface area contributed by atoms with Gasteiger partial charge in [-0.05, 0) is 33.6 Å². The fraction of sp³-hybridized carbons (Fsp3) is 0.750. The van der Waals surface area contributed by atoms with E-state index in [4.69, 9.17) is 4.42 Å². The largest absolute Gasteiger partial charge is 0.444 e. The lowest BCUT2D eigenvalue weighted by molar-refractivity contribution is 0.118. The molecule has 1 aromatic rings. The van der Waals surface area contributed by atoms with E-state index in [0.29, 0.717) is 19.0 Å². The number of oxazole rings is 1. The molecular formula is C16H31IN4O2. The summed E-state index contributed by atoms with van der Waals surface area (Å²) < 4.78 is 5.54. The molecule has 0 aliphatic rings. The number of aryl methyl sites for hydroxylation is 2. The highest BCUT2D eigenvalue weighted by Gasteiger charge is 2.25. The first kappa shape index (κ1) is 22.2. The van der Waals surface area contributed by atoms with Crippen molar-refractivity contribution in [1.82, 2.24) is 15.6 Å². The Balaban J connectivity index is 0.00000484. The minimum absolute atomic E-state index is 0. The fourth-order valence-electron chi connectivity index (χ4n) is 2.15. The first-order valence-corrected chi connectivity index (χ1v) is 8.06. The van der Waals surface area contributed by atoms with Gasteiger partial charge in [0.25, 0.3) is 0 Å². The summed E-state index contributed by atoms with van der Waals surface area (Å²) in [6.07, 6.45) is 1.84. The van der Waals surface area contributed by atoms with Crippen molar-refractivity contribution >= 4 is 29.9 Å². The van der Waals surface area contributed by atoms with E-state index in [0.717, 1.165) is 36.8 Å². The molecule has 6 nitrogen and oxygen atoms in total. The van der Waals surface area contributed by atoms with Crippen LogP contribution < -0.4 is 10.6 Å². The summed E-state index contributed by atoms with van der Waals surface area (Å²) in [5, 5.41) is 16.2. The molecule has 0 aromatic carbocycles. The van der Waals surface area contributed by atoms with Crippen LogP contribution in [-0.2, 0) is 6.54 Å². The Labute approximate surface area is 156 Å². The molecule has 0 saturated carbocycles. The number of aliphatic hydroxyl groups excluding tert-OH is 1. The van der Waals surface area contributed by atoms with Crippen LogP contribution in [0.15, 0.2) is 9.41 Å². The molecule has 0 saturated heterocycles. The number of hydrogen-bond donors (Lipinski definition) is 3. The van der Waals surface area contributed by atoms with Gasteiger partial charge in [-0.1, -0.05) is 13.8 Å². The Bertz CT molecular complexity index is 457. The SMILES string of the molecule is CCNC(=NCc1nc(C)c(C)o1)NCC(CC)(CC)CO.I. The number of rotatable bonds is 8. The zero-order valence-electron chi connectivity index (χ0n) is 14.9. The van der Waals surface area contributed by atoms with Gasteiger partial charge >= 0.3 is 0 Å². The molecule has 0 aliphatic heterocycles. The van der Waals surface area contributed by atoms with Gasteiger partial charge in [-0.15, -0.1) is 24.0 Å². The van der Waals surface area contributed by atoms with E-state index in [1.54, 1.807) is 0 Å². The second kappa shape index (κ2) is 10.9. The number of aliphatic imine (C=N–C) groups is 1. The van der Waals surface area contributed by atoms with Gasteiger partial charge < -0.3 is 20.2 Å². The van der Waals surface area contributed by atoms with Crippen LogP contribution in [-0.4, -0.2) is 35.7 Å².